The van der Waals surface area contributed by atoms with Crippen molar-refractivity contribution >= 4 is 40.4 Å². The molecule has 0 aliphatic rings. The summed E-state index contributed by atoms with van der Waals surface area (Å²) >= 11 is 6.86. The van der Waals surface area contributed by atoms with Gasteiger partial charge in [0.2, 0.25) is 0 Å². The first-order valence-corrected chi connectivity index (χ1v) is 9.11. The minimum absolute atomic E-state index is 0.0877. The zero-order valence-corrected chi connectivity index (χ0v) is 16.1. The van der Waals surface area contributed by atoms with Crippen molar-refractivity contribution in [2.24, 2.45) is 7.05 Å². The van der Waals surface area contributed by atoms with Crippen molar-refractivity contribution in [2.75, 3.05) is 0 Å². The number of hydrogen-bond acceptors (Lipinski definition) is 4. The van der Waals surface area contributed by atoms with Gasteiger partial charge in [0.05, 0.1) is 16.9 Å². The van der Waals surface area contributed by atoms with Crippen molar-refractivity contribution in [2.45, 2.75) is 26.8 Å². The summed E-state index contributed by atoms with van der Waals surface area (Å²) in [6, 6.07) is 7.00. The SMILES string of the molecule is Cc1cc(C(C)NC(=O)c2ccc3c(=O)n(C)c(=S)[nH]c3c2)c(C)s1. The molecular weight excluding hydrogens is 354 g/mol. The maximum Gasteiger partial charge on any atom is 0.261 e. The number of H-pyrrole nitrogens is 1. The molecule has 1 atom stereocenters. The molecule has 3 aromatic rings. The Bertz CT molecular complexity index is 1090. The molecule has 1 aromatic carbocycles. The monoisotopic (exact) mass is 373 g/mol. The zero-order valence-electron chi connectivity index (χ0n) is 14.5. The van der Waals surface area contributed by atoms with Crippen LogP contribution < -0.4 is 10.9 Å². The van der Waals surface area contributed by atoms with Crippen LogP contribution in [0.1, 0.15) is 38.6 Å². The van der Waals surface area contributed by atoms with E-state index in [-0.39, 0.29) is 17.5 Å². The van der Waals surface area contributed by atoms with E-state index in [9.17, 15) is 9.59 Å². The number of rotatable bonds is 3. The smallest absolute Gasteiger partial charge is 0.261 e. The summed E-state index contributed by atoms with van der Waals surface area (Å²) in [4.78, 5) is 30.2. The highest BCUT2D eigenvalue weighted by Crippen LogP contribution is 2.26. The molecular formula is C18H19N3O2S2. The molecule has 1 amide bonds. The lowest BCUT2D eigenvalue weighted by Gasteiger charge is -2.14. The number of aromatic amines is 1. The van der Waals surface area contributed by atoms with E-state index in [0.29, 0.717) is 21.2 Å². The number of nitrogens with one attached hydrogen (secondary N) is 2. The highest BCUT2D eigenvalue weighted by molar-refractivity contribution is 7.71. The van der Waals surface area contributed by atoms with Crippen LogP contribution in [0.25, 0.3) is 10.9 Å². The fraction of sp³-hybridized carbons (Fsp3) is 0.278. The largest absolute Gasteiger partial charge is 0.345 e. The summed E-state index contributed by atoms with van der Waals surface area (Å²) < 4.78 is 1.70. The van der Waals surface area contributed by atoms with Crippen LogP contribution in [-0.4, -0.2) is 15.5 Å². The van der Waals surface area contributed by atoms with Gasteiger partial charge in [-0.3, -0.25) is 14.2 Å². The summed E-state index contributed by atoms with van der Waals surface area (Å²) in [5, 5.41) is 3.52. The van der Waals surface area contributed by atoms with Crippen LogP contribution in [0.15, 0.2) is 29.1 Å². The molecule has 0 fully saturated rings. The van der Waals surface area contributed by atoms with Crippen molar-refractivity contribution in [3.8, 4) is 0 Å². The second kappa shape index (κ2) is 6.57. The zero-order chi connectivity index (χ0) is 18.3. The molecule has 0 radical (unpaired) electrons. The Hall–Kier alpha value is -2.25. The molecule has 0 saturated carbocycles. The van der Waals surface area contributed by atoms with E-state index in [4.69, 9.17) is 12.2 Å². The van der Waals surface area contributed by atoms with Crippen LogP contribution in [0.5, 0.6) is 0 Å². The van der Waals surface area contributed by atoms with Crippen molar-refractivity contribution in [3.63, 3.8) is 0 Å². The van der Waals surface area contributed by atoms with Gasteiger partial charge in [-0.2, -0.15) is 0 Å². The number of amides is 1. The van der Waals surface area contributed by atoms with E-state index in [1.54, 1.807) is 36.6 Å². The molecule has 0 aliphatic heterocycles. The Labute approximate surface area is 154 Å². The van der Waals surface area contributed by atoms with Gasteiger partial charge in [-0.1, -0.05) is 0 Å². The van der Waals surface area contributed by atoms with Crippen LogP contribution in [0.4, 0.5) is 0 Å². The molecule has 3 rings (SSSR count). The number of nitrogens with zero attached hydrogens (tertiary/aromatic N) is 1. The number of hydrogen-bond donors (Lipinski definition) is 2. The first-order valence-electron chi connectivity index (χ1n) is 7.89. The van der Waals surface area contributed by atoms with Gasteiger partial charge in [-0.05, 0) is 62.8 Å². The Kier molecular flexibility index (Phi) is 4.62. The Balaban J connectivity index is 1.92. The number of aromatic nitrogens is 2. The second-order valence-electron chi connectivity index (χ2n) is 6.12. The van der Waals surface area contributed by atoms with Crippen molar-refractivity contribution in [3.05, 3.63) is 60.3 Å². The van der Waals surface area contributed by atoms with Crippen LogP contribution >= 0.6 is 23.6 Å². The Morgan fingerprint density at radius 3 is 2.68 bits per heavy atom. The first kappa shape index (κ1) is 17.6. The summed E-state index contributed by atoms with van der Waals surface area (Å²) in [5.41, 5.74) is 2.01. The molecule has 0 spiro atoms. The molecule has 25 heavy (non-hydrogen) atoms. The number of carbonyl (C=O) groups is 1. The quantitative estimate of drug-likeness (QED) is 0.687. The number of carbonyl (C=O) groups excluding carboxylic acids is 1. The van der Waals surface area contributed by atoms with Crippen molar-refractivity contribution in [1.82, 2.24) is 14.9 Å². The maximum atomic E-state index is 12.6. The van der Waals surface area contributed by atoms with Gasteiger partial charge in [0.25, 0.3) is 11.5 Å². The molecule has 0 aliphatic carbocycles. The summed E-state index contributed by atoms with van der Waals surface area (Å²) in [5.74, 6) is -0.183. The molecule has 0 bridgehead atoms. The lowest BCUT2D eigenvalue weighted by molar-refractivity contribution is 0.0940. The summed E-state index contributed by atoms with van der Waals surface area (Å²) in [7, 11) is 1.62. The predicted octanol–water partition coefficient (Wildman–Crippen LogP) is 3.77. The number of thiophene rings is 1. The predicted molar refractivity (Wildman–Crippen MR) is 104 cm³/mol. The van der Waals surface area contributed by atoms with Gasteiger partial charge >= 0.3 is 0 Å². The molecule has 5 nitrogen and oxygen atoms in total. The summed E-state index contributed by atoms with van der Waals surface area (Å²) in [6.45, 7) is 6.08. The molecule has 2 aromatic heterocycles. The average Bonchev–Trinajstić information content (AvgIpc) is 2.90. The fourth-order valence-corrected chi connectivity index (χ4v) is 4.10. The third kappa shape index (κ3) is 3.29. The highest BCUT2D eigenvalue weighted by Gasteiger charge is 2.16. The second-order valence-corrected chi connectivity index (χ2v) is 7.97. The average molecular weight is 374 g/mol. The minimum atomic E-state index is -0.183. The minimum Gasteiger partial charge on any atom is -0.345 e. The van der Waals surface area contributed by atoms with E-state index in [2.05, 4.69) is 30.2 Å². The van der Waals surface area contributed by atoms with Gasteiger partial charge in [0.15, 0.2) is 4.77 Å². The topological polar surface area (TPSA) is 66.9 Å². The van der Waals surface area contributed by atoms with Gasteiger partial charge in [-0.25, -0.2) is 0 Å². The normalized spacial score (nSPS) is 12.3. The molecule has 0 saturated heterocycles. The van der Waals surface area contributed by atoms with Crippen LogP contribution in [0.2, 0.25) is 0 Å². The maximum absolute atomic E-state index is 12.6. The van der Waals surface area contributed by atoms with Crippen LogP contribution in [0, 0.1) is 18.6 Å². The van der Waals surface area contributed by atoms with E-state index < -0.39 is 0 Å². The van der Waals surface area contributed by atoms with Crippen molar-refractivity contribution < 1.29 is 4.79 Å². The lowest BCUT2D eigenvalue weighted by Crippen LogP contribution is -2.27. The molecule has 2 heterocycles. The number of fused-ring (bicyclic) bond motifs is 1. The molecule has 130 valence electrons. The Morgan fingerprint density at radius 1 is 1.32 bits per heavy atom. The standard InChI is InChI=1S/C18H19N3O2S2/c1-9-7-14(11(3)25-9)10(2)19-16(22)12-5-6-13-15(8-12)20-18(24)21(4)17(13)23/h5-8,10H,1-4H3,(H,19,22)(H,20,24). The van der Waals surface area contributed by atoms with E-state index in [1.807, 2.05) is 6.92 Å². The van der Waals surface area contributed by atoms with Gasteiger partial charge in [0, 0.05) is 22.4 Å². The van der Waals surface area contributed by atoms with Crippen LogP contribution in [-0.2, 0) is 7.05 Å². The molecule has 7 heteroatoms. The molecule has 2 N–H and O–H groups in total. The lowest BCUT2D eigenvalue weighted by atomic mass is 10.1. The number of aryl methyl sites for hydroxylation is 2. The fourth-order valence-electron chi connectivity index (χ4n) is 2.89. The van der Waals surface area contributed by atoms with Crippen molar-refractivity contribution in [1.29, 1.82) is 0 Å². The van der Waals surface area contributed by atoms with Gasteiger partial charge in [0.1, 0.15) is 0 Å². The first-order chi connectivity index (χ1) is 11.8. The van der Waals surface area contributed by atoms with E-state index in [0.717, 1.165) is 5.56 Å². The number of benzene rings is 1. The van der Waals surface area contributed by atoms with Gasteiger partial charge < -0.3 is 10.3 Å². The van der Waals surface area contributed by atoms with E-state index in [1.165, 1.54) is 14.3 Å². The highest BCUT2D eigenvalue weighted by atomic mass is 32.1. The third-order valence-electron chi connectivity index (χ3n) is 4.26. The van der Waals surface area contributed by atoms with Gasteiger partial charge in [-0.15, -0.1) is 11.3 Å². The summed E-state index contributed by atoms with van der Waals surface area (Å²) in [6.07, 6.45) is 0. The van der Waals surface area contributed by atoms with E-state index >= 15 is 0 Å². The third-order valence-corrected chi connectivity index (χ3v) is 5.61. The van der Waals surface area contributed by atoms with Crippen LogP contribution in [0.3, 0.4) is 0 Å². The molecule has 1 unspecified atom stereocenters. The Morgan fingerprint density at radius 2 is 2.04 bits per heavy atom.